The second kappa shape index (κ2) is 7.28. The fourth-order valence-electron chi connectivity index (χ4n) is 2.53. The van der Waals surface area contributed by atoms with Crippen molar-refractivity contribution in [1.82, 2.24) is 10.3 Å². The topological polar surface area (TPSA) is 27.8 Å². The molecule has 0 spiro atoms. The van der Waals surface area contributed by atoms with Crippen LogP contribution >= 0.6 is 47.4 Å². The van der Waals surface area contributed by atoms with Gasteiger partial charge in [0, 0.05) is 36.5 Å². The van der Waals surface area contributed by atoms with Gasteiger partial charge >= 0.3 is 0 Å². The Bertz CT molecular complexity index is 598. The predicted octanol–water partition coefficient (Wildman–Crippen LogP) is 4.61. The Morgan fingerprint density at radius 2 is 2.15 bits per heavy atom. The Morgan fingerprint density at radius 3 is 2.95 bits per heavy atom. The lowest BCUT2D eigenvalue weighted by Gasteiger charge is -2.12. The van der Waals surface area contributed by atoms with E-state index in [4.69, 9.17) is 23.2 Å². The molecule has 3 rings (SSSR count). The number of aromatic amines is 1. The van der Waals surface area contributed by atoms with E-state index in [1.165, 1.54) is 27.1 Å². The number of hydrogen-bond acceptors (Lipinski definition) is 2. The zero-order chi connectivity index (χ0) is 13.2. The van der Waals surface area contributed by atoms with Crippen LogP contribution in [0.25, 0.3) is 10.9 Å². The van der Waals surface area contributed by atoms with Gasteiger partial charge in [0.1, 0.15) is 0 Å². The number of hydrogen-bond donors (Lipinski definition) is 2. The van der Waals surface area contributed by atoms with Crippen LogP contribution in [0.2, 0.25) is 5.02 Å². The molecule has 0 saturated heterocycles. The minimum Gasteiger partial charge on any atom is -0.357 e. The molecule has 0 bridgehead atoms. The molecule has 2 nitrogen and oxygen atoms in total. The molecule has 0 atom stereocenters. The molecule has 0 amide bonds. The van der Waals surface area contributed by atoms with Crippen molar-refractivity contribution in [2.75, 3.05) is 18.2 Å². The number of benzene rings is 1. The van der Waals surface area contributed by atoms with Crippen LogP contribution in [0.5, 0.6) is 0 Å². The first kappa shape index (κ1) is 16.3. The van der Waals surface area contributed by atoms with Crippen LogP contribution < -0.4 is 5.32 Å². The summed E-state index contributed by atoms with van der Waals surface area (Å²) in [6.07, 6.45) is 2.06. The van der Waals surface area contributed by atoms with Crippen LogP contribution in [0.4, 0.5) is 0 Å². The maximum absolute atomic E-state index is 6.36. The summed E-state index contributed by atoms with van der Waals surface area (Å²) in [6.45, 7) is 1.99. The van der Waals surface area contributed by atoms with Crippen LogP contribution in [-0.2, 0) is 13.0 Å². The highest BCUT2D eigenvalue weighted by Gasteiger charge is 2.18. The third-order valence-corrected chi connectivity index (χ3v) is 5.35. The third-order valence-electron chi connectivity index (χ3n) is 3.45. The largest absolute Gasteiger partial charge is 0.357 e. The standard InChI is InChI=1S/C14H16Cl2N2S.ClH/c15-5-1-7-19-14-11(16)3-2-9-10-8-17-6-4-12(10)18-13(9)14;/h2-3,17-18H,1,4-8H2;1H. The molecule has 110 valence electrons. The van der Waals surface area contributed by atoms with Gasteiger partial charge in [0.05, 0.1) is 15.4 Å². The molecule has 0 radical (unpaired) electrons. The van der Waals surface area contributed by atoms with E-state index in [9.17, 15) is 0 Å². The van der Waals surface area contributed by atoms with E-state index in [0.717, 1.165) is 36.7 Å². The fourth-order valence-corrected chi connectivity index (χ4v) is 4.15. The number of nitrogens with one attached hydrogen (secondary N) is 2. The number of alkyl halides is 1. The fraction of sp³-hybridized carbons (Fsp3) is 0.429. The van der Waals surface area contributed by atoms with Crippen molar-refractivity contribution in [2.24, 2.45) is 0 Å². The van der Waals surface area contributed by atoms with Crippen LogP contribution in [0.1, 0.15) is 17.7 Å². The Balaban J connectivity index is 0.00000147. The monoisotopic (exact) mass is 350 g/mol. The number of thioether (sulfide) groups is 1. The Morgan fingerprint density at radius 1 is 1.30 bits per heavy atom. The van der Waals surface area contributed by atoms with Gasteiger partial charge in [0.25, 0.3) is 0 Å². The molecule has 6 heteroatoms. The zero-order valence-electron chi connectivity index (χ0n) is 11.0. The van der Waals surface area contributed by atoms with Gasteiger partial charge in [-0.25, -0.2) is 0 Å². The quantitative estimate of drug-likeness (QED) is 0.478. The summed E-state index contributed by atoms with van der Waals surface area (Å²) in [7, 11) is 0. The van der Waals surface area contributed by atoms with E-state index in [0.29, 0.717) is 5.88 Å². The Labute approximate surface area is 139 Å². The second-order valence-electron chi connectivity index (χ2n) is 4.70. The molecule has 1 aromatic heterocycles. The third kappa shape index (κ3) is 3.07. The summed E-state index contributed by atoms with van der Waals surface area (Å²) in [5.41, 5.74) is 3.95. The number of aromatic nitrogens is 1. The van der Waals surface area contributed by atoms with Crippen molar-refractivity contribution in [3.63, 3.8) is 0 Å². The van der Waals surface area contributed by atoms with Crippen molar-refractivity contribution in [3.05, 3.63) is 28.4 Å². The van der Waals surface area contributed by atoms with E-state index in [-0.39, 0.29) is 12.4 Å². The molecule has 2 heterocycles. The summed E-state index contributed by atoms with van der Waals surface area (Å²) in [6, 6.07) is 4.14. The first-order valence-corrected chi connectivity index (χ1v) is 8.42. The van der Waals surface area contributed by atoms with Crippen LogP contribution in [-0.4, -0.2) is 23.2 Å². The maximum atomic E-state index is 6.36. The van der Waals surface area contributed by atoms with E-state index in [2.05, 4.69) is 16.4 Å². The highest BCUT2D eigenvalue weighted by molar-refractivity contribution is 7.99. The summed E-state index contributed by atoms with van der Waals surface area (Å²) in [4.78, 5) is 4.74. The number of H-pyrrole nitrogens is 1. The molecule has 1 aromatic carbocycles. The zero-order valence-corrected chi connectivity index (χ0v) is 14.1. The van der Waals surface area contributed by atoms with Crippen molar-refractivity contribution in [2.45, 2.75) is 24.3 Å². The van der Waals surface area contributed by atoms with Crippen molar-refractivity contribution < 1.29 is 0 Å². The molecule has 1 aliphatic heterocycles. The lowest BCUT2D eigenvalue weighted by Crippen LogP contribution is -2.22. The normalized spacial score (nSPS) is 14.1. The van der Waals surface area contributed by atoms with Gasteiger partial charge in [-0.05, 0) is 23.8 Å². The highest BCUT2D eigenvalue weighted by atomic mass is 35.5. The second-order valence-corrected chi connectivity index (χ2v) is 6.59. The van der Waals surface area contributed by atoms with Gasteiger partial charge in [-0.1, -0.05) is 17.7 Å². The van der Waals surface area contributed by atoms with E-state index < -0.39 is 0 Å². The molecular formula is C14H17Cl3N2S. The van der Waals surface area contributed by atoms with Gasteiger partial charge in [-0.2, -0.15) is 0 Å². The number of fused-ring (bicyclic) bond motifs is 3. The van der Waals surface area contributed by atoms with Gasteiger partial charge in [0.2, 0.25) is 0 Å². The van der Waals surface area contributed by atoms with Gasteiger partial charge in [-0.3, -0.25) is 0 Å². The molecular weight excluding hydrogens is 335 g/mol. The molecule has 2 aromatic rings. The van der Waals surface area contributed by atoms with Crippen LogP contribution in [0.3, 0.4) is 0 Å². The summed E-state index contributed by atoms with van der Waals surface area (Å²) >= 11 is 13.9. The van der Waals surface area contributed by atoms with Crippen molar-refractivity contribution in [1.29, 1.82) is 0 Å². The van der Waals surface area contributed by atoms with Crippen LogP contribution in [0.15, 0.2) is 17.0 Å². The minimum atomic E-state index is 0. The Hall–Kier alpha value is -0.0600. The average Bonchev–Trinajstić information content (AvgIpc) is 2.80. The van der Waals surface area contributed by atoms with E-state index >= 15 is 0 Å². The van der Waals surface area contributed by atoms with Crippen molar-refractivity contribution in [3.8, 4) is 0 Å². The van der Waals surface area contributed by atoms with Gasteiger partial charge < -0.3 is 10.3 Å². The molecule has 0 aliphatic carbocycles. The predicted molar refractivity (Wildman–Crippen MR) is 92.0 cm³/mol. The summed E-state index contributed by atoms with van der Waals surface area (Å²) in [5, 5.41) is 5.57. The average molecular weight is 352 g/mol. The van der Waals surface area contributed by atoms with Crippen molar-refractivity contribution >= 4 is 58.3 Å². The molecule has 20 heavy (non-hydrogen) atoms. The number of halogens is 3. The van der Waals surface area contributed by atoms with Crippen LogP contribution in [0, 0.1) is 0 Å². The van der Waals surface area contributed by atoms with Gasteiger partial charge in [-0.15, -0.1) is 35.8 Å². The Kier molecular flexibility index (Phi) is 5.94. The molecule has 2 N–H and O–H groups in total. The lowest BCUT2D eigenvalue weighted by molar-refractivity contribution is 0.641. The van der Waals surface area contributed by atoms with E-state index in [1.807, 2.05) is 6.07 Å². The maximum Gasteiger partial charge on any atom is 0.0612 e. The molecule has 0 fully saturated rings. The highest BCUT2D eigenvalue weighted by Crippen LogP contribution is 2.37. The molecule has 0 unspecified atom stereocenters. The molecule has 0 saturated carbocycles. The smallest absolute Gasteiger partial charge is 0.0612 e. The lowest BCUT2D eigenvalue weighted by atomic mass is 10.1. The summed E-state index contributed by atoms with van der Waals surface area (Å²) in [5.74, 6) is 1.70. The first-order valence-electron chi connectivity index (χ1n) is 6.52. The van der Waals surface area contributed by atoms with E-state index in [1.54, 1.807) is 11.8 Å². The first-order chi connectivity index (χ1) is 9.31. The number of rotatable bonds is 4. The minimum absolute atomic E-state index is 0. The summed E-state index contributed by atoms with van der Waals surface area (Å²) < 4.78 is 0. The van der Waals surface area contributed by atoms with Gasteiger partial charge in [0.15, 0.2) is 0 Å². The SMILES string of the molecule is Cl.ClCCCSc1c(Cl)ccc2c3c([nH]c12)CCNC3. The molecule has 1 aliphatic rings.